The van der Waals surface area contributed by atoms with Crippen LogP contribution < -0.4 is 5.32 Å². The van der Waals surface area contributed by atoms with E-state index in [0.717, 1.165) is 32.4 Å². The summed E-state index contributed by atoms with van der Waals surface area (Å²) < 4.78 is 10.4. The van der Waals surface area contributed by atoms with E-state index in [0.29, 0.717) is 25.0 Å². The maximum Gasteiger partial charge on any atom is 0.292 e. The van der Waals surface area contributed by atoms with Crippen molar-refractivity contribution in [2.75, 3.05) is 33.4 Å². The molecule has 2 rings (SSSR count). The molecule has 1 atom stereocenters. The zero-order valence-electron chi connectivity index (χ0n) is 10.3. The molecule has 1 saturated heterocycles. The zero-order valence-corrected chi connectivity index (χ0v) is 10.3. The standard InChI is InChI=1S/C12H20N2O3/c1-14(10-3-2-5-13-6-4-10)12(15)11-9-16-7-8-17-11/h9-10,13H,2-8H2,1H3. The highest BCUT2D eigenvalue weighted by Crippen LogP contribution is 2.16. The fourth-order valence-corrected chi connectivity index (χ4v) is 2.21. The molecule has 0 saturated carbocycles. The maximum absolute atomic E-state index is 12.1. The predicted molar refractivity (Wildman–Crippen MR) is 63.3 cm³/mol. The fourth-order valence-electron chi connectivity index (χ4n) is 2.21. The first-order valence-electron chi connectivity index (χ1n) is 6.21. The third kappa shape index (κ3) is 3.12. The van der Waals surface area contributed by atoms with Gasteiger partial charge < -0.3 is 19.7 Å². The van der Waals surface area contributed by atoms with E-state index in [1.807, 2.05) is 7.05 Å². The van der Waals surface area contributed by atoms with E-state index in [1.54, 1.807) is 4.90 Å². The molecule has 0 spiro atoms. The van der Waals surface area contributed by atoms with Crippen molar-refractivity contribution in [3.8, 4) is 0 Å². The van der Waals surface area contributed by atoms with Crippen LogP contribution in [0.25, 0.3) is 0 Å². The van der Waals surface area contributed by atoms with Gasteiger partial charge >= 0.3 is 0 Å². The van der Waals surface area contributed by atoms with Gasteiger partial charge in [-0.1, -0.05) is 0 Å². The molecule has 0 radical (unpaired) electrons. The molecule has 5 heteroatoms. The van der Waals surface area contributed by atoms with E-state index in [1.165, 1.54) is 6.26 Å². The Bertz CT molecular complexity index is 296. The van der Waals surface area contributed by atoms with Crippen LogP contribution in [0.1, 0.15) is 19.3 Å². The lowest BCUT2D eigenvalue weighted by Gasteiger charge is -2.28. The lowest BCUT2D eigenvalue weighted by atomic mass is 10.1. The van der Waals surface area contributed by atoms with Crippen molar-refractivity contribution in [1.29, 1.82) is 0 Å². The van der Waals surface area contributed by atoms with E-state index < -0.39 is 0 Å². The van der Waals surface area contributed by atoms with Gasteiger partial charge in [-0.2, -0.15) is 0 Å². The summed E-state index contributed by atoms with van der Waals surface area (Å²) >= 11 is 0. The van der Waals surface area contributed by atoms with Gasteiger partial charge in [0, 0.05) is 13.1 Å². The van der Waals surface area contributed by atoms with Crippen LogP contribution in [-0.2, 0) is 14.3 Å². The molecule has 2 heterocycles. The molecule has 0 aromatic heterocycles. The number of nitrogens with zero attached hydrogens (tertiary/aromatic N) is 1. The first-order valence-corrected chi connectivity index (χ1v) is 6.21. The van der Waals surface area contributed by atoms with Crippen molar-refractivity contribution in [3.05, 3.63) is 12.0 Å². The van der Waals surface area contributed by atoms with Gasteiger partial charge in [-0.05, 0) is 32.4 Å². The van der Waals surface area contributed by atoms with Crippen LogP contribution in [0, 0.1) is 0 Å². The van der Waals surface area contributed by atoms with Crippen molar-refractivity contribution in [2.24, 2.45) is 0 Å². The molecule has 0 aromatic carbocycles. The molecule has 0 bridgehead atoms. The number of hydrogen-bond acceptors (Lipinski definition) is 4. The van der Waals surface area contributed by atoms with Crippen molar-refractivity contribution in [1.82, 2.24) is 10.2 Å². The highest BCUT2D eigenvalue weighted by Gasteiger charge is 2.25. The summed E-state index contributed by atoms with van der Waals surface area (Å²) in [5, 5.41) is 3.34. The number of ether oxygens (including phenoxy) is 2. The Morgan fingerprint density at radius 2 is 2.29 bits per heavy atom. The third-order valence-electron chi connectivity index (χ3n) is 3.27. The molecule has 2 aliphatic heterocycles. The second-order valence-electron chi connectivity index (χ2n) is 4.45. The Morgan fingerprint density at radius 3 is 3.06 bits per heavy atom. The van der Waals surface area contributed by atoms with Gasteiger partial charge in [0.15, 0.2) is 0 Å². The Hall–Kier alpha value is -1.23. The summed E-state index contributed by atoms with van der Waals surface area (Å²) in [6.07, 6.45) is 4.58. The predicted octanol–water partition coefficient (Wildman–Crippen LogP) is 0.475. The van der Waals surface area contributed by atoms with E-state index >= 15 is 0 Å². The second kappa shape index (κ2) is 5.91. The fraction of sp³-hybridized carbons (Fsp3) is 0.750. The lowest BCUT2D eigenvalue weighted by Crippen LogP contribution is -2.39. The van der Waals surface area contributed by atoms with E-state index in [4.69, 9.17) is 9.47 Å². The van der Waals surface area contributed by atoms with Crippen LogP contribution in [0.4, 0.5) is 0 Å². The summed E-state index contributed by atoms with van der Waals surface area (Å²) in [6, 6.07) is 0.295. The Labute approximate surface area is 102 Å². The summed E-state index contributed by atoms with van der Waals surface area (Å²) in [4.78, 5) is 13.9. The average Bonchev–Trinajstić information content (AvgIpc) is 2.67. The Balaban J connectivity index is 1.95. The van der Waals surface area contributed by atoms with Gasteiger partial charge in [-0.15, -0.1) is 0 Å². The first kappa shape index (κ1) is 12.2. The molecular weight excluding hydrogens is 220 g/mol. The number of hydrogen-bond donors (Lipinski definition) is 1. The molecule has 1 N–H and O–H groups in total. The van der Waals surface area contributed by atoms with Crippen molar-refractivity contribution < 1.29 is 14.3 Å². The first-order chi connectivity index (χ1) is 8.29. The lowest BCUT2D eigenvalue weighted by molar-refractivity contribution is -0.133. The van der Waals surface area contributed by atoms with Gasteiger partial charge in [0.25, 0.3) is 5.91 Å². The summed E-state index contributed by atoms with van der Waals surface area (Å²) in [5.41, 5.74) is 0. The second-order valence-corrected chi connectivity index (χ2v) is 4.45. The van der Waals surface area contributed by atoms with Gasteiger partial charge in [-0.25, -0.2) is 0 Å². The maximum atomic E-state index is 12.1. The third-order valence-corrected chi connectivity index (χ3v) is 3.27. The topological polar surface area (TPSA) is 50.8 Å². The van der Waals surface area contributed by atoms with E-state index in [2.05, 4.69) is 5.32 Å². The van der Waals surface area contributed by atoms with Crippen LogP contribution in [-0.4, -0.2) is 50.2 Å². The number of rotatable bonds is 2. The molecule has 1 unspecified atom stereocenters. The van der Waals surface area contributed by atoms with E-state index in [-0.39, 0.29) is 5.91 Å². The molecule has 1 amide bonds. The van der Waals surface area contributed by atoms with Crippen LogP contribution in [0.15, 0.2) is 12.0 Å². The molecule has 17 heavy (non-hydrogen) atoms. The average molecular weight is 240 g/mol. The quantitative estimate of drug-likeness (QED) is 0.762. The Kier molecular flexibility index (Phi) is 4.25. The smallest absolute Gasteiger partial charge is 0.292 e. The van der Waals surface area contributed by atoms with Gasteiger partial charge in [-0.3, -0.25) is 4.79 Å². The molecule has 1 fully saturated rings. The number of carbonyl (C=O) groups excluding carboxylic acids is 1. The summed E-state index contributed by atoms with van der Waals surface area (Å²) in [7, 11) is 1.84. The number of nitrogens with one attached hydrogen (secondary N) is 1. The van der Waals surface area contributed by atoms with Crippen molar-refractivity contribution in [2.45, 2.75) is 25.3 Å². The largest absolute Gasteiger partial charge is 0.494 e. The van der Waals surface area contributed by atoms with Crippen molar-refractivity contribution in [3.63, 3.8) is 0 Å². The summed E-state index contributed by atoms with van der Waals surface area (Å²) in [6.45, 7) is 2.99. The van der Waals surface area contributed by atoms with Gasteiger partial charge in [0.2, 0.25) is 5.76 Å². The SMILES string of the molecule is CN(C(=O)C1=COCCO1)C1CCCNCC1. The Morgan fingerprint density at radius 1 is 1.41 bits per heavy atom. The zero-order chi connectivity index (χ0) is 12.1. The van der Waals surface area contributed by atoms with Crippen LogP contribution in [0.5, 0.6) is 0 Å². The highest BCUT2D eigenvalue weighted by molar-refractivity contribution is 5.91. The number of carbonyl (C=O) groups is 1. The molecule has 0 aliphatic carbocycles. The molecule has 96 valence electrons. The van der Waals surface area contributed by atoms with Crippen LogP contribution >= 0.6 is 0 Å². The highest BCUT2D eigenvalue weighted by atomic mass is 16.6. The minimum absolute atomic E-state index is 0.0726. The molecule has 2 aliphatic rings. The van der Waals surface area contributed by atoms with Gasteiger partial charge in [0.1, 0.15) is 19.5 Å². The summed E-state index contributed by atoms with van der Waals surface area (Å²) in [5.74, 6) is 0.257. The van der Waals surface area contributed by atoms with Gasteiger partial charge in [0.05, 0.1) is 0 Å². The minimum Gasteiger partial charge on any atom is -0.494 e. The van der Waals surface area contributed by atoms with Crippen LogP contribution in [0.3, 0.4) is 0 Å². The number of likely N-dealkylation sites (N-methyl/N-ethyl adjacent to an activating group) is 1. The molecular formula is C12H20N2O3. The van der Waals surface area contributed by atoms with Crippen molar-refractivity contribution >= 4 is 5.91 Å². The van der Waals surface area contributed by atoms with Crippen LogP contribution in [0.2, 0.25) is 0 Å². The van der Waals surface area contributed by atoms with E-state index in [9.17, 15) is 4.79 Å². The monoisotopic (exact) mass is 240 g/mol. The molecule has 5 nitrogen and oxygen atoms in total. The molecule has 0 aromatic rings. The number of amides is 1. The minimum atomic E-state index is -0.0726. The normalized spacial score (nSPS) is 25.0.